The first-order valence-corrected chi connectivity index (χ1v) is 11.5. The molecule has 2 aromatic heterocycles. The van der Waals surface area contributed by atoms with Crippen molar-refractivity contribution in [2.24, 2.45) is 0 Å². The van der Waals surface area contributed by atoms with E-state index in [-0.39, 0.29) is 22.2 Å². The van der Waals surface area contributed by atoms with Crippen LogP contribution in [0.4, 0.5) is 8.78 Å². The number of pyridine rings is 2. The van der Waals surface area contributed by atoms with E-state index < -0.39 is 11.9 Å². The number of hydrogen-bond donors (Lipinski definition) is 1. The van der Waals surface area contributed by atoms with Gasteiger partial charge >= 0.3 is 11.9 Å². The number of halogens is 4. The Morgan fingerprint density at radius 3 is 1.59 bits per heavy atom. The summed E-state index contributed by atoms with van der Waals surface area (Å²) in [6, 6.07) is 14.7. The number of ether oxygens (including phenoxy) is 1. The molecule has 0 saturated heterocycles. The molecule has 0 aliphatic rings. The van der Waals surface area contributed by atoms with Gasteiger partial charge in [0.15, 0.2) is 0 Å². The normalized spacial score (nSPS) is 10.3. The number of hydrogen-bond acceptors (Lipinski definition) is 5. The topological polar surface area (TPSA) is 89.4 Å². The monoisotopic (exact) mass is 544 g/mol. The second kappa shape index (κ2) is 12.9. The molecule has 190 valence electrons. The van der Waals surface area contributed by atoms with Gasteiger partial charge in [0.1, 0.15) is 11.6 Å². The molecule has 2 heterocycles. The van der Waals surface area contributed by atoms with Crippen molar-refractivity contribution in [1.82, 2.24) is 9.97 Å². The van der Waals surface area contributed by atoms with Gasteiger partial charge in [-0.25, -0.2) is 18.4 Å². The molecule has 0 bridgehead atoms. The zero-order valence-corrected chi connectivity index (χ0v) is 20.9. The third kappa shape index (κ3) is 8.06. The van der Waals surface area contributed by atoms with Crippen LogP contribution in [0.1, 0.15) is 43.2 Å². The Morgan fingerprint density at radius 1 is 0.784 bits per heavy atom. The molecule has 0 amide bonds. The quantitative estimate of drug-likeness (QED) is 0.282. The third-order valence-electron chi connectivity index (χ3n) is 5.08. The molecule has 4 aromatic rings. The Kier molecular flexibility index (Phi) is 9.65. The summed E-state index contributed by atoms with van der Waals surface area (Å²) in [7, 11) is 1.30. The maximum Gasteiger partial charge on any atom is 0.339 e. The predicted octanol–water partition coefficient (Wildman–Crippen LogP) is 6.41. The fourth-order valence-corrected chi connectivity index (χ4v) is 3.60. The van der Waals surface area contributed by atoms with E-state index in [9.17, 15) is 18.4 Å². The number of esters is 1. The van der Waals surface area contributed by atoms with E-state index in [4.69, 9.17) is 33.0 Å². The molecule has 4 rings (SSSR count). The number of rotatable bonds is 6. The molecule has 0 spiro atoms. The summed E-state index contributed by atoms with van der Waals surface area (Å²) < 4.78 is 30.3. The van der Waals surface area contributed by atoms with Crippen molar-refractivity contribution in [2.75, 3.05) is 7.11 Å². The molecule has 6 nitrogen and oxygen atoms in total. The molecule has 10 heteroatoms. The van der Waals surface area contributed by atoms with Gasteiger partial charge in [0.05, 0.1) is 39.7 Å². The molecule has 0 atom stereocenters. The smallest absolute Gasteiger partial charge is 0.339 e. The molecule has 2 aromatic carbocycles. The molecular weight excluding hydrogens is 525 g/mol. The van der Waals surface area contributed by atoms with Crippen LogP contribution in [0, 0.1) is 11.6 Å². The standard InChI is InChI=1S/C14H11ClFNO2.C13H9ClFNO2/c1-19-14(18)12-7-10(15)8-17-13(12)6-9-2-4-11(16)5-3-9;14-9-6-11(13(17)18)12(16-7-9)5-8-1-3-10(15)4-2-8/h2-5,7-8H,6H2,1H3;1-4,6-7H,5H2,(H,17,18). The van der Waals surface area contributed by atoms with Crippen LogP contribution in [-0.4, -0.2) is 34.1 Å². The number of carboxylic acid groups (broad SMARTS) is 1. The van der Waals surface area contributed by atoms with Gasteiger partial charge in [0.25, 0.3) is 0 Å². The number of aromatic nitrogens is 2. The average Bonchev–Trinajstić information content (AvgIpc) is 2.88. The molecule has 0 fully saturated rings. The molecule has 0 radical (unpaired) electrons. The first-order chi connectivity index (χ1) is 17.7. The van der Waals surface area contributed by atoms with Crippen molar-refractivity contribution in [2.45, 2.75) is 12.8 Å². The van der Waals surface area contributed by atoms with Gasteiger partial charge in [-0.15, -0.1) is 0 Å². The number of methoxy groups -OCH3 is 1. The van der Waals surface area contributed by atoms with Crippen molar-refractivity contribution in [3.63, 3.8) is 0 Å². The van der Waals surface area contributed by atoms with Gasteiger partial charge in [-0.05, 0) is 47.5 Å². The maximum atomic E-state index is 12.8. The third-order valence-corrected chi connectivity index (χ3v) is 5.49. The van der Waals surface area contributed by atoms with Gasteiger partial charge in [-0.3, -0.25) is 9.97 Å². The van der Waals surface area contributed by atoms with Crippen molar-refractivity contribution in [3.05, 3.63) is 128 Å². The Bertz CT molecular complexity index is 1400. The summed E-state index contributed by atoms with van der Waals surface area (Å²) in [5.74, 6) is -2.21. The summed E-state index contributed by atoms with van der Waals surface area (Å²) in [5, 5.41) is 9.69. The molecular formula is C27H20Cl2F2N2O4. The molecule has 1 N–H and O–H groups in total. The SMILES string of the molecule is COC(=O)c1cc(Cl)cnc1Cc1ccc(F)cc1.O=C(O)c1cc(Cl)cnc1Cc1ccc(F)cc1. The van der Waals surface area contributed by atoms with Crippen LogP contribution in [0.2, 0.25) is 10.0 Å². The van der Waals surface area contributed by atoms with E-state index in [1.807, 2.05) is 0 Å². The number of carbonyl (C=O) groups excluding carboxylic acids is 1. The molecule has 0 aliphatic heterocycles. The lowest BCUT2D eigenvalue weighted by molar-refractivity contribution is 0.0598. The van der Waals surface area contributed by atoms with Crippen LogP contribution in [0.25, 0.3) is 0 Å². The highest BCUT2D eigenvalue weighted by Gasteiger charge is 2.15. The summed E-state index contributed by atoms with van der Waals surface area (Å²) in [5.41, 5.74) is 2.96. The highest BCUT2D eigenvalue weighted by Crippen LogP contribution is 2.19. The Labute approximate surface area is 221 Å². The van der Waals surface area contributed by atoms with Gasteiger partial charge in [0.2, 0.25) is 0 Å². The van der Waals surface area contributed by atoms with Crippen LogP contribution >= 0.6 is 23.2 Å². The number of benzene rings is 2. The van der Waals surface area contributed by atoms with Crippen LogP contribution in [-0.2, 0) is 17.6 Å². The van der Waals surface area contributed by atoms with Crippen molar-refractivity contribution < 1.29 is 28.2 Å². The summed E-state index contributed by atoms with van der Waals surface area (Å²) >= 11 is 11.5. The highest BCUT2D eigenvalue weighted by molar-refractivity contribution is 6.31. The predicted molar refractivity (Wildman–Crippen MR) is 135 cm³/mol. The van der Waals surface area contributed by atoms with E-state index >= 15 is 0 Å². The minimum Gasteiger partial charge on any atom is -0.478 e. The van der Waals surface area contributed by atoms with E-state index in [0.717, 1.165) is 11.1 Å². The van der Waals surface area contributed by atoms with E-state index in [0.29, 0.717) is 34.8 Å². The zero-order chi connectivity index (χ0) is 26.9. The lowest BCUT2D eigenvalue weighted by Gasteiger charge is -2.07. The van der Waals surface area contributed by atoms with Crippen LogP contribution in [0.3, 0.4) is 0 Å². The maximum absolute atomic E-state index is 12.8. The van der Waals surface area contributed by atoms with Crippen LogP contribution in [0.15, 0.2) is 73.1 Å². The average molecular weight is 545 g/mol. The largest absolute Gasteiger partial charge is 0.478 e. The van der Waals surface area contributed by atoms with Crippen LogP contribution < -0.4 is 0 Å². The Morgan fingerprint density at radius 2 is 1.19 bits per heavy atom. The van der Waals surface area contributed by atoms with E-state index in [1.165, 1.54) is 55.9 Å². The van der Waals surface area contributed by atoms with E-state index in [2.05, 4.69) is 9.97 Å². The molecule has 0 unspecified atom stereocenters. The van der Waals surface area contributed by atoms with Gasteiger partial charge in [-0.2, -0.15) is 0 Å². The fraction of sp³-hybridized carbons (Fsp3) is 0.111. The number of carboxylic acids is 1. The van der Waals surface area contributed by atoms with Crippen molar-refractivity contribution >= 4 is 35.1 Å². The van der Waals surface area contributed by atoms with Crippen LogP contribution in [0.5, 0.6) is 0 Å². The minimum atomic E-state index is -1.08. The summed E-state index contributed by atoms with van der Waals surface area (Å²) in [6.45, 7) is 0. The highest BCUT2D eigenvalue weighted by atomic mass is 35.5. The minimum absolute atomic E-state index is 0.0619. The second-order valence-corrected chi connectivity index (χ2v) is 8.57. The fourth-order valence-electron chi connectivity index (χ4n) is 3.28. The lowest BCUT2D eigenvalue weighted by Crippen LogP contribution is -2.08. The molecule has 37 heavy (non-hydrogen) atoms. The number of nitrogens with zero attached hydrogens (tertiary/aromatic N) is 2. The van der Waals surface area contributed by atoms with Gasteiger partial charge in [0, 0.05) is 25.2 Å². The Hall–Kier alpha value is -3.88. The first kappa shape index (κ1) is 27.7. The van der Waals surface area contributed by atoms with Crippen molar-refractivity contribution in [3.8, 4) is 0 Å². The summed E-state index contributed by atoms with van der Waals surface area (Å²) in [6.07, 6.45) is 3.58. The van der Waals surface area contributed by atoms with E-state index in [1.54, 1.807) is 24.3 Å². The first-order valence-electron chi connectivity index (χ1n) is 10.8. The Balaban J connectivity index is 0.000000206. The molecule has 0 saturated carbocycles. The van der Waals surface area contributed by atoms with Gasteiger partial charge < -0.3 is 9.84 Å². The lowest BCUT2D eigenvalue weighted by atomic mass is 10.1. The number of carbonyl (C=O) groups is 2. The van der Waals surface area contributed by atoms with Crippen molar-refractivity contribution in [1.29, 1.82) is 0 Å². The zero-order valence-electron chi connectivity index (χ0n) is 19.4. The second-order valence-electron chi connectivity index (χ2n) is 7.70. The number of aromatic carboxylic acids is 1. The molecule has 0 aliphatic carbocycles. The summed E-state index contributed by atoms with van der Waals surface area (Å²) in [4.78, 5) is 30.9. The van der Waals surface area contributed by atoms with Gasteiger partial charge in [-0.1, -0.05) is 47.5 Å².